The third-order valence-electron chi connectivity index (χ3n) is 5.15. The number of fused-ring (bicyclic) bond motifs is 1. The van der Waals surface area contributed by atoms with E-state index in [2.05, 4.69) is 20.8 Å². The van der Waals surface area contributed by atoms with Crippen LogP contribution in [0.3, 0.4) is 0 Å². The monoisotopic (exact) mass is 502 g/mol. The van der Waals surface area contributed by atoms with Gasteiger partial charge in [-0.2, -0.15) is 0 Å². The summed E-state index contributed by atoms with van der Waals surface area (Å²) in [7, 11) is -4.16. The molecule has 9 heteroatoms. The molecule has 1 aromatic heterocycles. The molecule has 1 aliphatic rings. The molecule has 1 aliphatic heterocycles. The maximum Gasteiger partial charge on any atom is 0.269 e. The summed E-state index contributed by atoms with van der Waals surface area (Å²) < 4.78 is 56.1. The summed E-state index contributed by atoms with van der Waals surface area (Å²) in [6.07, 6.45) is 1.24. The number of halogens is 4. The lowest BCUT2D eigenvalue weighted by Gasteiger charge is -2.30. The Hall–Kier alpha value is -1.64. The van der Waals surface area contributed by atoms with Crippen LogP contribution in [-0.2, 0) is 10.0 Å². The molecule has 29 heavy (non-hydrogen) atoms. The molecule has 0 aliphatic carbocycles. The number of benzene rings is 2. The second-order valence-corrected chi connectivity index (χ2v) is 10.1. The fourth-order valence-electron chi connectivity index (χ4n) is 3.82. The molecule has 1 fully saturated rings. The van der Waals surface area contributed by atoms with Crippen molar-refractivity contribution in [2.75, 3.05) is 18.0 Å². The van der Waals surface area contributed by atoms with Gasteiger partial charge in [0.1, 0.15) is 4.90 Å². The molecule has 2 heterocycles. The van der Waals surface area contributed by atoms with E-state index in [0.29, 0.717) is 10.2 Å². The Morgan fingerprint density at radius 3 is 2.41 bits per heavy atom. The normalized spacial score (nSPS) is 15.4. The van der Waals surface area contributed by atoms with Gasteiger partial charge >= 0.3 is 0 Å². The predicted molar refractivity (Wildman–Crippen MR) is 115 cm³/mol. The topological polar surface area (TPSA) is 42.3 Å². The van der Waals surface area contributed by atoms with Crippen molar-refractivity contribution in [2.45, 2.75) is 30.6 Å². The lowest BCUT2D eigenvalue weighted by atomic mass is 10.1. The van der Waals surface area contributed by atoms with E-state index in [1.54, 1.807) is 24.3 Å². The van der Waals surface area contributed by atoms with Crippen molar-refractivity contribution < 1.29 is 17.2 Å². The molecule has 1 saturated heterocycles. The number of piperidine rings is 1. The molecule has 154 valence electrons. The van der Waals surface area contributed by atoms with Crippen molar-refractivity contribution in [3.05, 3.63) is 57.7 Å². The lowest BCUT2D eigenvalue weighted by molar-refractivity contribution is 0.153. The molecule has 0 N–H and O–H groups in total. The van der Waals surface area contributed by atoms with Gasteiger partial charge in [-0.1, -0.05) is 39.7 Å². The Bertz CT molecular complexity index is 1170. The van der Waals surface area contributed by atoms with E-state index in [1.165, 1.54) is 12.1 Å². The molecule has 0 radical (unpaired) electrons. The zero-order chi connectivity index (χ0) is 20.8. The third-order valence-corrected chi connectivity index (χ3v) is 7.78. The second kappa shape index (κ2) is 7.89. The van der Waals surface area contributed by atoms with E-state index in [4.69, 9.17) is 11.6 Å². The Kier molecular flexibility index (Phi) is 5.61. The van der Waals surface area contributed by atoms with Crippen LogP contribution in [0.15, 0.2) is 52.0 Å². The number of alkyl halides is 2. The standard InChI is InChI=1S/C20H18BrClF2N2O2S/c21-13-10-16(25-8-4-1-5-9-25)19-14(20(23)24)12-26(17(19)11-13)29(27,28)18-7-3-2-6-15(18)22/h2-3,6-7,10-12,20H,1,4-5,8-9H2. The predicted octanol–water partition coefficient (Wildman–Crippen LogP) is 6.22. The molecule has 3 aromatic rings. The van der Waals surface area contributed by atoms with Gasteiger partial charge in [0.25, 0.3) is 16.4 Å². The SMILES string of the molecule is O=S(=O)(c1ccccc1Cl)n1cc(C(F)F)c2c(N3CCCCC3)cc(Br)cc21. The molecule has 4 nitrogen and oxygen atoms in total. The number of rotatable bonds is 4. The molecule has 0 saturated carbocycles. The van der Waals surface area contributed by atoms with Crippen LogP contribution in [0.5, 0.6) is 0 Å². The summed E-state index contributed by atoms with van der Waals surface area (Å²) >= 11 is 9.52. The van der Waals surface area contributed by atoms with E-state index >= 15 is 0 Å². The quantitative estimate of drug-likeness (QED) is 0.424. The van der Waals surface area contributed by atoms with Crippen molar-refractivity contribution in [2.24, 2.45) is 0 Å². The average molecular weight is 504 g/mol. The van der Waals surface area contributed by atoms with Gasteiger partial charge in [0.2, 0.25) is 0 Å². The molecular formula is C20H18BrClF2N2O2S. The van der Waals surface area contributed by atoms with Gasteiger partial charge < -0.3 is 4.90 Å². The van der Waals surface area contributed by atoms with Crippen LogP contribution in [0.4, 0.5) is 14.5 Å². The zero-order valence-electron chi connectivity index (χ0n) is 15.3. The minimum atomic E-state index is -4.16. The molecule has 2 aromatic carbocycles. The summed E-state index contributed by atoms with van der Waals surface area (Å²) in [5.41, 5.74) is 0.524. The Morgan fingerprint density at radius 1 is 1.07 bits per heavy atom. The second-order valence-electron chi connectivity index (χ2n) is 6.98. The van der Waals surface area contributed by atoms with Crippen LogP contribution in [0.25, 0.3) is 10.9 Å². The van der Waals surface area contributed by atoms with Crippen LogP contribution < -0.4 is 4.90 Å². The number of aromatic nitrogens is 1. The minimum absolute atomic E-state index is 0.0409. The molecule has 0 amide bonds. The zero-order valence-corrected chi connectivity index (χ0v) is 18.4. The fourth-order valence-corrected chi connectivity index (χ4v) is 6.11. The number of hydrogen-bond donors (Lipinski definition) is 0. The Labute approximate surface area is 181 Å². The molecule has 0 spiro atoms. The first-order chi connectivity index (χ1) is 13.8. The van der Waals surface area contributed by atoms with E-state index < -0.39 is 16.4 Å². The number of nitrogens with zero attached hydrogens (tertiary/aromatic N) is 2. The van der Waals surface area contributed by atoms with Gasteiger partial charge in [0.05, 0.1) is 10.5 Å². The maximum atomic E-state index is 14.0. The first-order valence-corrected chi connectivity index (χ1v) is 11.8. The highest BCUT2D eigenvalue weighted by Crippen LogP contribution is 2.41. The first kappa shape index (κ1) is 20.6. The molecule has 0 bridgehead atoms. The van der Waals surface area contributed by atoms with Crippen molar-refractivity contribution >= 4 is 54.1 Å². The highest BCUT2D eigenvalue weighted by Gasteiger charge is 2.29. The van der Waals surface area contributed by atoms with Gasteiger partial charge in [-0.3, -0.25) is 0 Å². The highest BCUT2D eigenvalue weighted by molar-refractivity contribution is 9.10. The fraction of sp³-hybridized carbons (Fsp3) is 0.300. The summed E-state index contributed by atoms with van der Waals surface area (Å²) in [5.74, 6) is 0. The van der Waals surface area contributed by atoms with E-state index in [9.17, 15) is 17.2 Å². The van der Waals surface area contributed by atoms with Gasteiger partial charge in [-0.25, -0.2) is 21.2 Å². The van der Waals surface area contributed by atoms with Crippen molar-refractivity contribution in [3.8, 4) is 0 Å². The van der Waals surface area contributed by atoms with Crippen LogP contribution in [0.1, 0.15) is 31.3 Å². The van der Waals surface area contributed by atoms with E-state index in [0.717, 1.165) is 42.5 Å². The lowest BCUT2D eigenvalue weighted by Crippen LogP contribution is -2.29. The van der Waals surface area contributed by atoms with Gasteiger partial charge in [0, 0.05) is 40.4 Å². The molecular weight excluding hydrogens is 486 g/mol. The van der Waals surface area contributed by atoms with Crippen LogP contribution in [0.2, 0.25) is 5.02 Å². The first-order valence-electron chi connectivity index (χ1n) is 9.18. The minimum Gasteiger partial charge on any atom is -0.371 e. The van der Waals surface area contributed by atoms with Crippen molar-refractivity contribution in [1.82, 2.24) is 3.97 Å². The molecule has 0 atom stereocenters. The largest absolute Gasteiger partial charge is 0.371 e. The van der Waals surface area contributed by atoms with Gasteiger partial charge in [0.15, 0.2) is 0 Å². The average Bonchev–Trinajstić information content (AvgIpc) is 3.08. The van der Waals surface area contributed by atoms with Crippen LogP contribution in [0, 0.1) is 0 Å². The summed E-state index contributed by atoms with van der Waals surface area (Å²) in [4.78, 5) is 1.92. The summed E-state index contributed by atoms with van der Waals surface area (Å²) in [5, 5.41) is 0.305. The third kappa shape index (κ3) is 3.66. The van der Waals surface area contributed by atoms with Crippen molar-refractivity contribution in [1.29, 1.82) is 0 Å². The molecule has 0 unspecified atom stereocenters. The van der Waals surface area contributed by atoms with E-state index in [-0.39, 0.29) is 26.4 Å². The maximum absolute atomic E-state index is 14.0. The van der Waals surface area contributed by atoms with Crippen molar-refractivity contribution in [3.63, 3.8) is 0 Å². The smallest absolute Gasteiger partial charge is 0.269 e. The Morgan fingerprint density at radius 2 is 1.76 bits per heavy atom. The Balaban J connectivity index is 2.02. The molecule has 4 rings (SSSR count). The van der Waals surface area contributed by atoms with Crippen LogP contribution >= 0.6 is 27.5 Å². The number of anilines is 1. The van der Waals surface area contributed by atoms with Gasteiger partial charge in [-0.05, 0) is 43.5 Å². The number of hydrogen-bond acceptors (Lipinski definition) is 3. The summed E-state index contributed by atoms with van der Waals surface area (Å²) in [6, 6.07) is 9.34. The van der Waals surface area contributed by atoms with Gasteiger partial charge in [-0.15, -0.1) is 0 Å². The summed E-state index contributed by atoms with van der Waals surface area (Å²) in [6.45, 7) is 1.49. The van der Waals surface area contributed by atoms with Crippen LogP contribution in [-0.4, -0.2) is 25.5 Å². The van der Waals surface area contributed by atoms with E-state index in [1.807, 2.05) is 0 Å². The highest BCUT2D eigenvalue weighted by atomic mass is 79.9.